The number of ether oxygens (including phenoxy) is 1. The molecule has 0 saturated heterocycles. The van der Waals surface area contributed by atoms with Crippen LogP contribution in [0, 0.1) is 6.92 Å². The van der Waals surface area contributed by atoms with Gasteiger partial charge in [0.15, 0.2) is 6.61 Å². The fourth-order valence-electron chi connectivity index (χ4n) is 2.76. The number of nitrogens with one attached hydrogen (secondary N) is 2. The first-order valence-corrected chi connectivity index (χ1v) is 11.0. The number of rotatable bonds is 7. The van der Waals surface area contributed by atoms with E-state index in [1.54, 1.807) is 32.9 Å². The maximum Gasteiger partial charge on any atom is 0.262 e. The normalized spacial score (nSPS) is 12.1. The molecule has 2 N–H and O–H groups in total. The number of benzene rings is 2. The molecule has 0 heterocycles. The van der Waals surface area contributed by atoms with Gasteiger partial charge >= 0.3 is 0 Å². The van der Waals surface area contributed by atoms with Crippen LogP contribution in [0.25, 0.3) is 0 Å². The number of amides is 1. The predicted molar refractivity (Wildman–Crippen MR) is 116 cm³/mol. The first-order chi connectivity index (χ1) is 13.4. The molecule has 0 saturated carbocycles. The molecule has 2 aromatic rings. The molecule has 158 valence electrons. The quantitative estimate of drug-likeness (QED) is 0.705. The van der Waals surface area contributed by atoms with Gasteiger partial charge in [0.25, 0.3) is 5.91 Å². The van der Waals surface area contributed by atoms with Crippen LogP contribution in [0.2, 0.25) is 0 Å². The van der Waals surface area contributed by atoms with Crippen molar-refractivity contribution in [1.29, 1.82) is 0 Å². The van der Waals surface area contributed by atoms with Gasteiger partial charge < -0.3 is 10.1 Å². The summed E-state index contributed by atoms with van der Waals surface area (Å²) in [5.41, 5.74) is 2.03. The molecule has 0 aromatic heterocycles. The Morgan fingerprint density at radius 3 is 2.24 bits per heavy atom. The summed E-state index contributed by atoms with van der Waals surface area (Å²) in [4.78, 5) is 12.4. The maximum atomic E-state index is 12.3. The first-order valence-electron chi connectivity index (χ1n) is 9.54. The molecule has 0 aliphatic rings. The molecule has 6 nitrogen and oxygen atoms in total. The van der Waals surface area contributed by atoms with Gasteiger partial charge in [-0.05, 0) is 75.1 Å². The number of aryl methyl sites for hydroxylation is 1. The predicted octanol–water partition coefficient (Wildman–Crippen LogP) is 4.21. The molecule has 0 unspecified atom stereocenters. The Kier molecular flexibility index (Phi) is 7.08. The van der Waals surface area contributed by atoms with Gasteiger partial charge in [-0.2, -0.15) is 0 Å². The van der Waals surface area contributed by atoms with Crippen molar-refractivity contribution in [2.24, 2.45) is 0 Å². The fourth-order valence-corrected chi connectivity index (χ4v) is 4.18. The molecule has 0 fully saturated rings. The highest BCUT2D eigenvalue weighted by Crippen LogP contribution is 2.27. The molecule has 0 aliphatic heterocycles. The van der Waals surface area contributed by atoms with E-state index in [0.29, 0.717) is 11.4 Å². The van der Waals surface area contributed by atoms with Crippen molar-refractivity contribution >= 4 is 21.6 Å². The number of sulfonamides is 1. The van der Waals surface area contributed by atoms with E-state index in [-0.39, 0.29) is 23.3 Å². The highest BCUT2D eigenvalue weighted by molar-refractivity contribution is 7.89. The van der Waals surface area contributed by atoms with E-state index in [2.05, 4.69) is 23.9 Å². The summed E-state index contributed by atoms with van der Waals surface area (Å²) in [6.07, 6.45) is 0. The van der Waals surface area contributed by atoms with Gasteiger partial charge in [-0.3, -0.25) is 4.79 Å². The molecule has 2 aromatic carbocycles. The van der Waals surface area contributed by atoms with E-state index < -0.39 is 15.6 Å². The summed E-state index contributed by atoms with van der Waals surface area (Å²) < 4.78 is 33.0. The molecule has 2 rings (SSSR count). The van der Waals surface area contributed by atoms with Crippen LogP contribution >= 0.6 is 0 Å². The lowest BCUT2D eigenvalue weighted by molar-refractivity contribution is -0.118. The zero-order chi connectivity index (χ0) is 21.8. The Morgan fingerprint density at radius 1 is 1.07 bits per heavy atom. The van der Waals surface area contributed by atoms with Crippen LogP contribution in [0.4, 0.5) is 5.69 Å². The highest BCUT2D eigenvalue weighted by atomic mass is 32.2. The molecule has 0 atom stereocenters. The van der Waals surface area contributed by atoms with Crippen LogP contribution < -0.4 is 14.8 Å². The van der Waals surface area contributed by atoms with Crippen molar-refractivity contribution in [2.75, 3.05) is 11.9 Å². The van der Waals surface area contributed by atoms with Gasteiger partial charge in [0.1, 0.15) is 5.75 Å². The minimum atomic E-state index is -3.61. The van der Waals surface area contributed by atoms with Gasteiger partial charge in [-0.25, -0.2) is 13.1 Å². The molecule has 29 heavy (non-hydrogen) atoms. The molecular weight excluding hydrogens is 388 g/mol. The second kappa shape index (κ2) is 8.97. The zero-order valence-electron chi connectivity index (χ0n) is 17.9. The third-order valence-electron chi connectivity index (χ3n) is 4.04. The lowest BCUT2D eigenvalue weighted by atomic mass is 10.0. The molecule has 0 bridgehead atoms. The van der Waals surface area contributed by atoms with Crippen molar-refractivity contribution in [3.05, 3.63) is 53.6 Å². The van der Waals surface area contributed by atoms with Gasteiger partial charge in [0.2, 0.25) is 10.0 Å². The van der Waals surface area contributed by atoms with Gasteiger partial charge in [-0.1, -0.05) is 26.0 Å². The van der Waals surface area contributed by atoms with Crippen LogP contribution in [0.15, 0.2) is 47.4 Å². The lowest BCUT2D eigenvalue weighted by Gasteiger charge is -2.20. The van der Waals surface area contributed by atoms with Crippen molar-refractivity contribution in [3.8, 4) is 5.75 Å². The SMILES string of the molecule is Cc1ccc(C(C)C)c(OCC(=O)Nc2ccc(S(=O)(=O)NC(C)(C)C)cc2)c1. The van der Waals surface area contributed by atoms with Crippen LogP contribution in [0.5, 0.6) is 5.75 Å². The smallest absolute Gasteiger partial charge is 0.262 e. The zero-order valence-corrected chi connectivity index (χ0v) is 18.7. The maximum absolute atomic E-state index is 12.3. The van der Waals surface area contributed by atoms with E-state index in [0.717, 1.165) is 11.1 Å². The molecule has 0 spiro atoms. The summed E-state index contributed by atoms with van der Waals surface area (Å²) in [5.74, 6) is 0.666. The second-order valence-corrected chi connectivity index (χ2v) is 10.1. The average Bonchev–Trinajstić information content (AvgIpc) is 2.58. The van der Waals surface area contributed by atoms with Crippen LogP contribution in [0.3, 0.4) is 0 Å². The monoisotopic (exact) mass is 418 g/mol. The average molecular weight is 419 g/mol. The third kappa shape index (κ3) is 6.87. The van der Waals surface area contributed by atoms with Crippen molar-refractivity contribution in [3.63, 3.8) is 0 Å². The van der Waals surface area contributed by atoms with Crippen LogP contribution in [0.1, 0.15) is 51.7 Å². The summed E-state index contributed by atoms with van der Waals surface area (Å²) in [6, 6.07) is 12.0. The summed E-state index contributed by atoms with van der Waals surface area (Å²) in [5, 5.41) is 2.72. The minimum Gasteiger partial charge on any atom is -0.483 e. The highest BCUT2D eigenvalue weighted by Gasteiger charge is 2.21. The Hall–Kier alpha value is -2.38. The lowest BCUT2D eigenvalue weighted by Crippen LogP contribution is -2.40. The van der Waals surface area contributed by atoms with Crippen molar-refractivity contribution < 1.29 is 17.9 Å². The fraction of sp³-hybridized carbons (Fsp3) is 0.409. The molecule has 7 heteroatoms. The topological polar surface area (TPSA) is 84.5 Å². The van der Waals surface area contributed by atoms with E-state index in [1.165, 1.54) is 12.1 Å². The third-order valence-corrected chi connectivity index (χ3v) is 5.81. The molecular formula is C22H30N2O4S. The minimum absolute atomic E-state index is 0.130. The Labute approximate surface area is 173 Å². The largest absolute Gasteiger partial charge is 0.483 e. The Balaban J connectivity index is 2.01. The van der Waals surface area contributed by atoms with Crippen LogP contribution in [-0.2, 0) is 14.8 Å². The van der Waals surface area contributed by atoms with Gasteiger partial charge in [0.05, 0.1) is 4.90 Å². The van der Waals surface area contributed by atoms with E-state index >= 15 is 0 Å². The summed E-state index contributed by atoms with van der Waals surface area (Å²) in [7, 11) is -3.61. The number of carbonyl (C=O) groups excluding carboxylic acids is 1. The van der Waals surface area contributed by atoms with E-state index in [4.69, 9.17) is 4.74 Å². The summed E-state index contributed by atoms with van der Waals surface area (Å²) in [6.45, 7) is 11.3. The second-order valence-electron chi connectivity index (χ2n) is 8.41. The molecule has 0 radical (unpaired) electrons. The number of hydrogen-bond donors (Lipinski definition) is 2. The van der Waals surface area contributed by atoms with Gasteiger partial charge in [0, 0.05) is 11.2 Å². The standard InChI is InChI=1S/C22H30N2O4S/c1-15(2)19-12-7-16(3)13-20(19)28-14-21(25)23-17-8-10-18(11-9-17)29(26,27)24-22(4,5)6/h7-13,15,24H,14H2,1-6H3,(H,23,25). The van der Waals surface area contributed by atoms with E-state index in [9.17, 15) is 13.2 Å². The Morgan fingerprint density at radius 2 is 1.69 bits per heavy atom. The molecule has 1 amide bonds. The molecule has 0 aliphatic carbocycles. The van der Waals surface area contributed by atoms with E-state index in [1.807, 2.05) is 25.1 Å². The Bertz CT molecular complexity index is 959. The van der Waals surface area contributed by atoms with Crippen molar-refractivity contribution in [2.45, 2.75) is 57.9 Å². The van der Waals surface area contributed by atoms with Crippen molar-refractivity contribution in [1.82, 2.24) is 4.72 Å². The number of hydrogen-bond acceptors (Lipinski definition) is 4. The number of carbonyl (C=O) groups is 1. The summed E-state index contributed by atoms with van der Waals surface area (Å²) >= 11 is 0. The van der Waals surface area contributed by atoms with Crippen LogP contribution in [-0.4, -0.2) is 26.5 Å². The number of anilines is 1. The van der Waals surface area contributed by atoms with Gasteiger partial charge in [-0.15, -0.1) is 0 Å². The first kappa shape index (κ1) is 22.9.